The van der Waals surface area contributed by atoms with Gasteiger partial charge in [-0.2, -0.15) is 0 Å². The largest absolute Gasteiger partial charge is 0.503 e. The first-order valence-electron chi connectivity index (χ1n) is 8.39. The number of hydrogen-bond acceptors (Lipinski definition) is 5. The Hall–Kier alpha value is -2.86. The molecule has 0 aliphatic heterocycles. The Morgan fingerprint density at radius 2 is 1.74 bits per heavy atom. The molecule has 0 spiro atoms. The number of aromatic nitrogens is 1. The van der Waals surface area contributed by atoms with Crippen LogP contribution in [0.5, 0.6) is 23.0 Å². The van der Waals surface area contributed by atoms with Gasteiger partial charge >= 0.3 is 0 Å². The number of benzene rings is 2. The molecule has 0 unspecified atom stereocenters. The molecule has 0 aliphatic rings. The number of rotatable bonds is 7. The maximum atomic E-state index is 12.6. The lowest BCUT2D eigenvalue weighted by Gasteiger charge is -2.12. The number of alkyl halides is 1. The van der Waals surface area contributed by atoms with Crippen molar-refractivity contribution in [3.05, 3.63) is 46.6 Å². The van der Waals surface area contributed by atoms with Gasteiger partial charge in [0.15, 0.2) is 17.2 Å². The highest BCUT2D eigenvalue weighted by Crippen LogP contribution is 2.34. The number of pyridine rings is 1. The van der Waals surface area contributed by atoms with Crippen LogP contribution in [-0.2, 0) is 0 Å². The molecule has 7 heteroatoms. The highest BCUT2D eigenvalue weighted by molar-refractivity contribution is 6.17. The topological polar surface area (TPSA) is 80.8 Å². The fraction of sp³-hybridized carbons (Fsp3) is 0.250. The number of halogens is 1. The van der Waals surface area contributed by atoms with Crippen LogP contribution >= 0.6 is 11.6 Å². The number of methoxy groups -OCH3 is 2. The molecule has 0 aliphatic carbocycles. The zero-order chi connectivity index (χ0) is 19.4. The van der Waals surface area contributed by atoms with Gasteiger partial charge in [-0.15, -0.1) is 11.6 Å². The molecular formula is C20H20ClNO5. The highest BCUT2D eigenvalue weighted by Gasteiger charge is 2.16. The lowest BCUT2D eigenvalue weighted by Crippen LogP contribution is -2.06. The molecule has 0 saturated carbocycles. The average Bonchev–Trinajstić information content (AvgIpc) is 2.70. The highest BCUT2D eigenvalue weighted by atomic mass is 35.5. The zero-order valence-corrected chi connectivity index (χ0v) is 15.8. The first kappa shape index (κ1) is 18.9. The molecule has 6 nitrogen and oxygen atoms in total. The third-order valence-corrected chi connectivity index (χ3v) is 4.44. The van der Waals surface area contributed by atoms with E-state index in [-0.39, 0.29) is 5.75 Å². The fourth-order valence-corrected chi connectivity index (χ4v) is 2.89. The predicted molar refractivity (Wildman–Crippen MR) is 106 cm³/mol. The minimum atomic E-state index is -0.484. The van der Waals surface area contributed by atoms with Crippen molar-refractivity contribution in [2.45, 2.75) is 6.42 Å². The summed E-state index contributed by atoms with van der Waals surface area (Å²) in [5.41, 5.74) is 1.04. The molecule has 0 radical (unpaired) electrons. The molecule has 142 valence electrons. The van der Waals surface area contributed by atoms with E-state index in [9.17, 15) is 9.90 Å². The van der Waals surface area contributed by atoms with E-state index in [2.05, 4.69) is 4.98 Å². The van der Waals surface area contributed by atoms with Crippen molar-refractivity contribution >= 4 is 22.5 Å². The Balaban J connectivity index is 2.04. The Morgan fingerprint density at radius 1 is 1.07 bits per heavy atom. The van der Waals surface area contributed by atoms with Crippen LogP contribution < -0.4 is 19.6 Å². The number of fused-ring (bicyclic) bond motifs is 1. The van der Waals surface area contributed by atoms with E-state index in [0.717, 1.165) is 6.42 Å². The normalized spacial score (nSPS) is 10.8. The van der Waals surface area contributed by atoms with Crippen LogP contribution in [0.1, 0.15) is 6.42 Å². The maximum Gasteiger partial charge on any atom is 0.231 e. The summed E-state index contributed by atoms with van der Waals surface area (Å²) in [6.07, 6.45) is 0.757. The molecule has 3 aromatic rings. The van der Waals surface area contributed by atoms with Crippen LogP contribution in [0.15, 0.2) is 41.2 Å². The fourth-order valence-electron chi connectivity index (χ4n) is 2.78. The molecule has 0 atom stereocenters. The van der Waals surface area contributed by atoms with Gasteiger partial charge in [-0.05, 0) is 36.8 Å². The first-order chi connectivity index (χ1) is 13.1. The van der Waals surface area contributed by atoms with E-state index >= 15 is 0 Å². The molecular weight excluding hydrogens is 370 g/mol. The minimum absolute atomic E-state index is 0.315. The van der Waals surface area contributed by atoms with Gasteiger partial charge in [0.1, 0.15) is 5.75 Å². The summed E-state index contributed by atoms with van der Waals surface area (Å²) in [4.78, 5) is 15.7. The number of H-pyrrole nitrogens is 1. The van der Waals surface area contributed by atoms with Crippen LogP contribution in [0.3, 0.4) is 0 Å². The molecule has 2 N–H and O–H groups in total. The van der Waals surface area contributed by atoms with Crippen LogP contribution in [-0.4, -0.2) is 36.8 Å². The summed E-state index contributed by atoms with van der Waals surface area (Å²) < 4.78 is 16.1. The van der Waals surface area contributed by atoms with E-state index in [1.807, 2.05) is 0 Å². The molecule has 3 rings (SSSR count). The van der Waals surface area contributed by atoms with Gasteiger partial charge in [0.05, 0.1) is 37.4 Å². The molecule has 2 aromatic carbocycles. The Morgan fingerprint density at radius 3 is 2.37 bits per heavy atom. The van der Waals surface area contributed by atoms with Crippen LogP contribution in [0, 0.1) is 0 Å². The van der Waals surface area contributed by atoms with Crippen LogP contribution in [0.2, 0.25) is 0 Å². The van der Waals surface area contributed by atoms with Crippen molar-refractivity contribution in [3.8, 4) is 34.3 Å². The zero-order valence-electron chi connectivity index (χ0n) is 15.0. The average molecular weight is 390 g/mol. The van der Waals surface area contributed by atoms with Gasteiger partial charge < -0.3 is 24.3 Å². The molecule has 0 bridgehead atoms. The lowest BCUT2D eigenvalue weighted by atomic mass is 10.1. The Kier molecular flexibility index (Phi) is 5.76. The summed E-state index contributed by atoms with van der Waals surface area (Å²) in [6.45, 7) is 0.530. The second-order valence-corrected chi connectivity index (χ2v) is 6.22. The standard InChI is InChI=1S/C20H20ClNO5/c1-25-16-10-14-15(11-17(16)26-2)22-18(20(24)19(14)23)12-4-6-13(7-5-12)27-9-3-8-21/h4-7,10-11,24H,3,8-9H2,1-2H3,(H,22,23). The SMILES string of the molecule is COc1cc2[nH]c(-c3ccc(OCCCCl)cc3)c(O)c(=O)c2cc1OC. The molecule has 0 fully saturated rings. The summed E-state index contributed by atoms with van der Waals surface area (Å²) >= 11 is 5.64. The van der Waals surface area contributed by atoms with E-state index < -0.39 is 5.43 Å². The summed E-state index contributed by atoms with van der Waals surface area (Å²) in [7, 11) is 3.01. The van der Waals surface area contributed by atoms with Gasteiger partial charge in [0.2, 0.25) is 5.43 Å². The smallest absolute Gasteiger partial charge is 0.231 e. The first-order valence-corrected chi connectivity index (χ1v) is 8.92. The molecule has 0 saturated heterocycles. The van der Waals surface area contributed by atoms with Gasteiger partial charge in [0.25, 0.3) is 0 Å². The van der Waals surface area contributed by atoms with Crippen molar-refractivity contribution in [1.82, 2.24) is 4.98 Å². The number of ether oxygens (including phenoxy) is 3. The molecule has 27 heavy (non-hydrogen) atoms. The van der Waals surface area contributed by atoms with Gasteiger partial charge in [-0.25, -0.2) is 0 Å². The summed E-state index contributed by atoms with van der Waals surface area (Å²) in [5, 5.41) is 10.7. The van der Waals surface area contributed by atoms with Crippen LogP contribution in [0.25, 0.3) is 22.2 Å². The van der Waals surface area contributed by atoms with Gasteiger partial charge in [0, 0.05) is 17.5 Å². The van der Waals surface area contributed by atoms with Crippen molar-refractivity contribution < 1.29 is 19.3 Å². The molecule has 1 aromatic heterocycles. The summed E-state index contributed by atoms with van der Waals surface area (Å²) in [5.74, 6) is 1.78. The third-order valence-electron chi connectivity index (χ3n) is 4.17. The van der Waals surface area contributed by atoms with Crippen molar-refractivity contribution in [3.63, 3.8) is 0 Å². The molecule has 0 amide bonds. The predicted octanol–water partition coefficient (Wildman–Crippen LogP) is 3.93. The number of hydrogen-bond donors (Lipinski definition) is 2. The Bertz CT molecular complexity index is 998. The quantitative estimate of drug-likeness (QED) is 0.472. The lowest BCUT2D eigenvalue weighted by molar-refractivity contribution is 0.318. The number of nitrogens with one attached hydrogen (secondary N) is 1. The Labute approximate surface area is 161 Å². The van der Waals surface area contributed by atoms with Gasteiger partial charge in [-0.1, -0.05) is 0 Å². The van der Waals surface area contributed by atoms with E-state index in [4.69, 9.17) is 25.8 Å². The number of aromatic hydroxyl groups is 1. The van der Waals surface area contributed by atoms with E-state index in [1.165, 1.54) is 14.2 Å². The van der Waals surface area contributed by atoms with Crippen molar-refractivity contribution in [2.24, 2.45) is 0 Å². The van der Waals surface area contributed by atoms with Gasteiger partial charge in [-0.3, -0.25) is 4.79 Å². The third kappa shape index (κ3) is 3.80. The second kappa shape index (κ2) is 8.22. The minimum Gasteiger partial charge on any atom is -0.503 e. The number of aromatic amines is 1. The van der Waals surface area contributed by atoms with E-state index in [0.29, 0.717) is 51.9 Å². The summed E-state index contributed by atoms with van der Waals surface area (Å²) in [6, 6.07) is 10.3. The monoisotopic (exact) mass is 389 g/mol. The maximum absolute atomic E-state index is 12.6. The van der Waals surface area contributed by atoms with Crippen LogP contribution in [0.4, 0.5) is 0 Å². The van der Waals surface area contributed by atoms with Crippen molar-refractivity contribution in [1.29, 1.82) is 0 Å². The van der Waals surface area contributed by atoms with E-state index in [1.54, 1.807) is 36.4 Å². The van der Waals surface area contributed by atoms with Crippen molar-refractivity contribution in [2.75, 3.05) is 26.7 Å². The molecule has 1 heterocycles. The second-order valence-electron chi connectivity index (χ2n) is 5.85.